The number of likely N-dealkylation sites (tertiary alicyclic amines) is 2. The average Bonchev–Trinajstić information content (AvgIpc) is 3.24. The smallest absolute Gasteiger partial charge is 0.272 e. The molecule has 5 rings (SSSR count). The van der Waals surface area contributed by atoms with E-state index < -0.39 is 0 Å². The van der Waals surface area contributed by atoms with Crippen molar-refractivity contribution in [2.45, 2.75) is 75.9 Å². The van der Waals surface area contributed by atoms with Crippen molar-refractivity contribution in [3.05, 3.63) is 4.91 Å². The van der Waals surface area contributed by atoms with Crippen LogP contribution in [0.5, 0.6) is 0 Å². The van der Waals surface area contributed by atoms with E-state index in [1.165, 1.54) is 56.7 Å². The maximum atomic E-state index is 12.3. The molecule has 5 fully saturated rings. The summed E-state index contributed by atoms with van der Waals surface area (Å²) in [4.78, 5) is 17.7. The molecule has 0 aromatic carbocycles. The lowest BCUT2D eigenvalue weighted by atomic mass is 9.91. The summed E-state index contributed by atoms with van der Waals surface area (Å²) in [5.41, 5.74) is 3.67. The number of rotatable bonds is 5. The minimum absolute atomic E-state index is 0.00565. The van der Waals surface area contributed by atoms with E-state index >= 15 is 0 Å². The van der Waals surface area contributed by atoms with Crippen molar-refractivity contribution in [2.24, 2.45) is 5.92 Å². The fraction of sp³-hybridized carbons (Fsp3) is 1.00. The van der Waals surface area contributed by atoms with Gasteiger partial charge in [-0.05, 0) is 51.9 Å². The maximum absolute atomic E-state index is 12.3. The molecule has 0 bridgehead atoms. The number of hydrogen-bond donors (Lipinski definition) is 3. The Labute approximate surface area is 175 Å². The van der Waals surface area contributed by atoms with Crippen molar-refractivity contribution in [1.29, 1.82) is 0 Å². The van der Waals surface area contributed by atoms with Crippen LogP contribution < -0.4 is 16.1 Å². The molecule has 0 aromatic rings. The van der Waals surface area contributed by atoms with E-state index in [9.17, 15) is 4.91 Å². The topological polar surface area (TPSA) is 65.9 Å². The molecule has 29 heavy (non-hydrogen) atoms. The average molecular weight is 407 g/mol. The van der Waals surface area contributed by atoms with Gasteiger partial charge in [-0.15, -0.1) is 0 Å². The number of hydrazine groups is 1. The molecular formula is C21H40N7O+. The normalized spacial score (nSPS) is 44.8. The van der Waals surface area contributed by atoms with Crippen molar-refractivity contribution in [2.75, 3.05) is 52.4 Å². The molecule has 164 valence electrons. The zero-order chi connectivity index (χ0) is 20.0. The Morgan fingerprint density at radius 1 is 1.03 bits per heavy atom. The molecule has 5 saturated heterocycles. The Kier molecular flexibility index (Phi) is 5.93. The van der Waals surface area contributed by atoms with Crippen LogP contribution in [0.3, 0.4) is 0 Å². The van der Waals surface area contributed by atoms with Gasteiger partial charge in [-0.25, -0.2) is 5.43 Å². The first-order valence-corrected chi connectivity index (χ1v) is 12.0. The zero-order valence-corrected chi connectivity index (χ0v) is 18.2. The lowest BCUT2D eigenvalue weighted by Crippen LogP contribution is -2.67. The van der Waals surface area contributed by atoms with Crippen molar-refractivity contribution in [1.82, 2.24) is 30.9 Å². The third kappa shape index (κ3) is 4.12. The van der Waals surface area contributed by atoms with Gasteiger partial charge in [-0.2, -0.15) is 5.01 Å². The highest BCUT2D eigenvalue weighted by Crippen LogP contribution is 2.29. The Balaban J connectivity index is 1.04. The first-order valence-electron chi connectivity index (χ1n) is 12.0. The predicted molar refractivity (Wildman–Crippen MR) is 114 cm³/mol. The lowest BCUT2D eigenvalue weighted by Gasteiger charge is -2.42. The van der Waals surface area contributed by atoms with E-state index in [4.69, 9.17) is 0 Å². The summed E-state index contributed by atoms with van der Waals surface area (Å²) in [6.45, 7) is 13.6. The van der Waals surface area contributed by atoms with Gasteiger partial charge in [0.05, 0.1) is 6.54 Å². The van der Waals surface area contributed by atoms with Crippen LogP contribution in [0.1, 0.15) is 39.5 Å². The monoisotopic (exact) mass is 406 g/mol. The van der Waals surface area contributed by atoms with Crippen LogP contribution in [-0.2, 0) is 0 Å². The van der Waals surface area contributed by atoms with Gasteiger partial charge in [0.15, 0.2) is 0 Å². The zero-order valence-electron chi connectivity index (χ0n) is 18.2. The maximum Gasteiger partial charge on any atom is 0.272 e. The second kappa shape index (κ2) is 8.48. The van der Waals surface area contributed by atoms with E-state index in [1.807, 2.05) is 6.92 Å². The third-order valence-corrected chi connectivity index (χ3v) is 8.13. The first-order chi connectivity index (χ1) is 14.1. The fourth-order valence-electron chi connectivity index (χ4n) is 6.18. The standard InChI is InChI=1S/C21H40N7O/c1-15-10-19(24-27-13-16(2)28(29)21(15)27)20-12-22-17(11-23-20)4-8-25-9-5-18(14-25)26-6-3-7-26/h15-24H,3-14H2,1-2H3/q+1/t15?,16?,17?,18-,19?,20?,21?/m1/s1. The van der Waals surface area contributed by atoms with Gasteiger partial charge >= 0.3 is 0 Å². The van der Waals surface area contributed by atoms with Gasteiger partial charge in [0.2, 0.25) is 6.04 Å². The summed E-state index contributed by atoms with van der Waals surface area (Å²) in [6.07, 6.45) is 5.06. The molecule has 0 spiro atoms. The number of nitrogens with one attached hydrogen (secondary N) is 3. The lowest BCUT2D eigenvalue weighted by molar-refractivity contribution is -0.615. The van der Waals surface area contributed by atoms with Gasteiger partial charge in [0.25, 0.3) is 6.17 Å². The van der Waals surface area contributed by atoms with Crippen molar-refractivity contribution in [3.63, 3.8) is 0 Å². The number of piperazine rings is 1. The molecule has 5 heterocycles. The molecule has 6 unspecified atom stereocenters. The van der Waals surface area contributed by atoms with Crippen LogP contribution in [0.2, 0.25) is 0 Å². The van der Waals surface area contributed by atoms with E-state index in [2.05, 4.69) is 37.8 Å². The van der Waals surface area contributed by atoms with E-state index in [-0.39, 0.29) is 12.2 Å². The van der Waals surface area contributed by atoms with Gasteiger partial charge < -0.3 is 15.5 Å². The molecule has 0 amide bonds. The van der Waals surface area contributed by atoms with Crippen molar-refractivity contribution in [3.8, 4) is 0 Å². The van der Waals surface area contributed by atoms with E-state index in [1.54, 1.807) is 0 Å². The summed E-state index contributed by atoms with van der Waals surface area (Å²) in [7, 11) is 0. The van der Waals surface area contributed by atoms with Gasteiger partial charge in [0.1, 0.15) is 0 Å². The van der Waals surface area contributed by atoms with E-state index in [0.29, 0.717) is 24.0 Å². The Bertz CT molecular complexity index is 592. The van der Waals surface area contributed by atoms with Gasteiger partial charge in [-0.1, -0.05) is 6.92 Å². The Morgan fingerprint density at radius 3 is 2.62 bits per heavy atom. The molecule has 5 aliphatic heterocycles. The van der Waals surface area contributed by atoms with Gasteiger partial charge in [0, 0.05) is 66.3 Å². The molecular weight excluding hydrogens is 366 g/mol. The quantitative estimate of drug-likeness (QED) is 0.547. The number of nitrogens with zero attached hydrogens (tertiary/aromatic N) is 4. The second-order valence-electron chi connectivity index (χ2n) is 10.3. The second-order valence-corrected chi connectivity index (χ2v) is 10.3. The van der Waals surface area contributed by atoms with Crippen LogP contribution in [0.15, 0.2) is 0 Å². The SMILES string of the molecule is CC1CC(C2CNC(CCN3CC[C@@H](N4CCC4)C3)CN2)NN2CC(C)[N+](=O)C12. The predicted octanol–water partition coefficient (Wildman–Crippen LogP) is -0.191. The minimum atomic E-state index is 0.00565. The Hall–Kier alpha value is -0.640. The molecule has 3 N–H and O–H groups in total. The third-order valence-electron chi connectivity index (χ3n) is 8.13. The summed E-state index contributed by atoms with van der Waals surface area (Å²) in [6, 6.07) is 2.33. The first kappa shape index (κ1) is 20.3. The molecule has 0 aromatic heterocycles. The highest BCUT2D eigenvalue weighted by molar-refractivity contribution is 4.95. The largest absolute Gasteiger partial charge is 0.311 e. The number of nitroso groups, excluding NO2 is 1. The summed E-state index contributed by atoms with van der Waals surface area (Å²) < 4.78 is 1.29. The molecule has 7 atom stereocenters. The van der Waals surface area contributed by atoms with Crippen LogP contribution in [0.4, 0.5) is 0 Å². The molecule has 0 radical (unpaired) electrons. The molecule has 0 aliphatic carbocycles. The highest BCUT2D eigenvalue weighted by Gasteiger charge is 2.53. The number of fused-ring (bicyclic) bond motifs is 1. The van der Waals surface area contributed by atoms with Crippen LogP contribution >= 0.6 is 0 Å². The summed E-state index contributed by atoms with van der Waals surface area (Å²) in [5.74, 6) is 0.401. The highest BCUT2D eigenvalue weighted by atomic mass is 16.3. The Morgan fingerprint density at radius 2 is 1.90 bits per heavy atom. The van der Waals surface area contributed by atoms with Gasteiger partial charge in [-0.3, -0.25) is 4.90 Å². The minimum Gasteiger partial charge on any atom is -0.311 e. The van der Waals surface area contributed by atoms with Crippen LogP contribution in [0.25, 0.3) is 0 Å². The fourth-order valence-corrected chi connectivity index (χ4v) is 6.18. The number of hydrogen-bond acceptors (Lipinski definition) is 7. The van der Waals surface area contributed by atoms with Crippen LogP contribution in [-0.4, -0.2) is 108 Å². The molecule has 8 nitrogen and oxygen atoms in total. The van der Waals surface area contributed by atoms with E-state index in [0.717, 1.165) is 32.1 Å². The van der Waals surface area contributed by atoms with Crippen molar-refractivity contribution >= 4 is 0 Å². The molecule has 0 saturated carbocycles. The molecule has 5 aliphatic rings. The summed E-state index contributed by atoms with van der Waals surface area (Å²) >= 11 is 0. The summed E-state index contributed by atoms with van der Waals surface area (Å²) in [5, 5.41) is 9.82. The van der Waals surface area contributed by atoms with Crippen molar-refractivity contribution < 1.29 is 4.76 Å². The van der Waals surface area contributed by atoms with Crippen LogP contribution in [0, 0.1) is 10.8 Å². The molecule has 8 heteroatoms.